The van der Waals surface area contributed by atoms with E-state index in [1.165, 1.54) is 0 Å². The number of nitrogens with two attached hydrogens (primary N) is 1. The van der Waals surface area contributed by atoms with Crippen LogP contribution in [0.2, 0.25) is 0 Å². The summed E-state index contributed by atoms with van der Waals surface area (Å²) in [5.74, 6) is 0.507. The van der Waals surface area contributed by atoms with E-state index >= 15 is 0 Å². The van der Waals surface area contributed by atoms with Crippen LogP contribution in [0.4, 0.5) is 5.82 Å². The lowest BCUT2D eigenvalue weighted by Gasteiger charge is -2.01. The molecule has 1 aromatic heterocycles. The SMILES string of the molecule is N#Cc1ccc(-c2ccc(N)nc2)cc1. The first kappa shape index (κ1) is 9.22. The monoisotopic (exact) mass is 195 g/mol. The van der Waals surface area contributed by atoms with Crippen LogP contribution in [0.1, 0.15) is 5.56 Å². The number of rotatable bonds is 1. The summed E-state index contributed by atoms with van der Waals surface area (Å²) in [4.78, 5) is 4.01. The number of aromatic nitrogens is 1. The van der Waals surface area contributed by atoms with Crippen LogP contribution >= 0.6 is 0 Å². The highest BCUT2D eigenvalue weighted by molar-refractivity contribution is 5.64. The molecule has 0 saturated carbocycles. The Bertz CT molecular complexity index is 492. The zero-order valence-corrected chi connectivity index (χ0v) is 8.01. The molecule has 2 aromatic rings. The van der Waals surface area contributed by atoms with Crippen molar-refractivity contribution >= 4 is 5.82 Å². The van der Waals surface area contributed by atoms with Gasteiger partial charge in [-0.1, -0.05) is 12.1 Å². The highest BCUT2D eigenvalue weighted by Crippen LogP contribution is 2.19. The molecule has 0 spiro atoms. The zero-order chi connectivity index (χ0) is 10.7. The maximum atomic E-state index is 8.66. The minimum atomic E-state index is 0.507. The predicted octanol–water partition coefficient (Wildman–Crippen LogP) is 2.20. The zero-order valence-electron chi connectivity index (χ0n) is 8.01. The molecular formula is C12H9N3. The molecule has 3 nitrogen and oxygen atoms in total. The van der Waals surface area contributed by atoms with E-state index in [0.717, 1.165) is 11.1 Å². The molecule has 0 aliphatic carbocycles. The molecule has 15 heavy (non-hydrogen) atoms. The molecule has 0 fully saturated rings. The normalized spacial score (nSPS) is 9.53. The van der Waals surface area contributed by atoms with Crippen LogP contribution in [0.15, 0.2) is 42.6 Å². The number of nitrogen functional groups attached to an aromatic ring is 1. The summed E-state index contributed by atoms with van der Waals surface area (Å²) in [5, 5.41) is 8.66. The fourth-order valence-corrected chi connectivity index (χ4v) is 1.31. The highest BCUT2D eigenvalue weighted by atomic mass is 14.8. The van der Waals surface area contributed by atoms with E-state index in [-0.39, 0.29) is 0 Å². The van der Waals surface area contributed by atoms with E-state index in [2.05, 4.69) is 11.1 Å². The number of nitrogens with zero attached hydrogens (tertiary/aromatic N) is 2. The summed E-state index contributed by atoms with van der Waals surface area (Å²) in [7, 11) is 0. The van der Waals surface area contributed by atoms with Gasteiger partial charge in [0.05, 0.1) is 11.6 Å². The van der Waals surface area contributed by atoms with Crippen LogP contribution in [0.25, 0.3) is 11.1 Å². The van der Waals surface area contributed by atoms with E-state index in [1.807, 2.05) is 18.2 Å². The third-order valence-electron chi connectivity index (χ3n) is 2.13. The van der Waals surface area contributed by atoms with Crippen LogP contribution in [-0.4, -0.2) is 4.98 Å². The van der Waals surface area contributed by atoms with Gasteiger partial charge < -0.3 is 5.73 Å². The van der Waals surface area contributed by atoms with Crippen molar-refractivity contribution in [3.8, 4) is 17.2 Å². The summed E-state index contributed by atoms with van der Waals surface area (Å²) >= 11 is 0. The number of pyridine rings is 1. The molecule has 0 unspecified atom stereocenters. The van der Waals surface area contributed by atoms with E-state index in [1.54, 1.807) is 24.4 Å². The quantitative estimate of drug-likeness (QED) is 0.758. The maximum absolute atomic E-state index is 8.66. The van der Waals surface area contributed by atoms with Crippen LogP contribution in [0, 0.1) is 11.3 Å². The van der Waals surface area contributed by atoms with Crippen LogP contribution in [0.5, 0.6) is 0 Å². The Labute approximate surface area is 87.8 Å². The van der Waals surface area contributed by atoms with E-state index in [4.69, 9.17) is 11.0 Å². The molecule has 72 valence electrons. The Morgan fingerprint density at radius 2 is 1.67 bits per heavy atom. The lowest BCUT2D eigenvalue weighted by Crippen LogP contribution is -1.88. The second-order valence-corrected chi connectivity index (χ2v) is 3.16. The van der Waals surface area contributed by atoms with Crippen LogP contribution in [0.3, 0.4) is 0 Å². The van der Waals surface area contributed by atoms with E-state index < -0.39 is 0 Å². The van der Waals surface area contributed by atoms with Gasteiger partial charge in [0.25, 0.3) is 0 Å². The molecule has 0 aliphatic heterocycles. The Kier molecular flexibility index (Phi) is 2.34. The summed E-state index contributed by atoms with van der Waals surface area (Å²) in [6, 6.07) is 13.1. The number of hydrogen-bond donors (Lipinski definition) is 1. The lowest BCUT2D eigenvalue weighted by molar-refractivity contribution is 1.34. The fourth-order valence-electron chi connectivity index (χ4n) is 1.31. The van der Waals surface area contributed by atoms with Crippen molar-refractivity contribution in [1.82, 2.24) is 4.98 Å². The molecule has 0 amide bonds. The topological polar surface area (TPSA) is 62.7 Å². The van der Waals surface area contributed by atoms with Gasteiger partial charge in [-0.3, -0.25) is 0 Å². The average Bonchev–Trinajstić information content (AvgIpc) is 2.30. The van der Waals surface area contributed by atoms with E-state index in [0.29, 0.717) is 11.4 Å². The first-order valence-corrected chi connectivity index (χ1v) is 4.51. The Hall–Kier alpha value is -2.34. The van der Waals surface area contributed by atoms with Gasteiger partial charge in [-0.15, -0.1) is 0 Å². The van der Waals surface area contributed by atoms with E-state index in [9.17, 15) is 0 Å². The molecule has 0 radical (unpaired) electrons. The lowest BCUT2D eigenvalue weighted by atomic mass is 10.1. The highest BCUT2D eigenvalue weighted by Gasteiger charge is 1.97. The smallest absolute Gasteiger partial charge is 0.123 e. The van der Waals surface area contributed by atoms with Crippen molar-refractivity contribution in [3.63, 3.8) is 0 Å². The Morgan fingerprint density at radius 3 is 2.20 bits per heavy atom. The van der Waals surface area contributed by atoms with Crippen molar-refractivity contribution in [2.24, 2.45) is 0 Å². The summed E-state index contributed by atoms with van der Waals surface area (Å²) in [5.41, 5.74) is 8.17. The molecule has 2 rings (SSSR count). The van der Waals surface area contributed by atoms with Gasteiger partial charge in [-0.2, -0.15) is 5.26 Å². The molecule has 3 heteroatoms. The Balaban J connectivity index is 2.38. The van der Waals surface area contributed by atoms with Crippen LogP contribution < -0.4 is 5.73 Å². The second-order valence-electron chi connectivity index (χ2n) is 3.16. The largest absolute Gasteiger partial charge is 0.384 e. The Morgan fingerprint density at radius 1 is 1.00 bits per heavy atom. The van der Waals surface area contributed by atoms with Gasteiger partial charge in [-0.25, -0.2) is 4.98 Å². The van der Waals surface area contributed by atoms with Crippen LogP contribution in [-0.2, 0) is 0 Å². The maximum Gasteiger partial charge on any atom is 0.123 e. The van der Waals surface area contributed by atoms with Gasteiger partial charge in [0.15, 0.2) is 0 Å². The minimum Gasteiger partial charge on any atom is -0.384 e. The fraction of sp³-hybridized carbons (Fsp3) is 0. The molecule has 2 N–H and O–H groups in total. The van der Waals surface area contributed by atoms with Gasteiger partial charge in [0, 0.05) is 11.8 Å². The molecule has 0 aliphatic rings. The molecule has 0 bridgehead atoms. The van der Waals surface area contributed by atoms with Crippen molar-refractivity contribution in [2.75, 3.05) is 5.73 Å². The van der Waals surface area contributed by atoms with Crippen molar-refractivity contribution < 1.29 is 0 Å². The molecule has 0 atom stereocenters. The summed E-state index contributed by atoms with van der Waals surface area (Å²) in [6.07, 6.45) is 1.72. The first-order chi connectivity index (χ1) is 7.29. The average molecular weight is 195 g/mol. The molecular weight excluding hydrogens is 186 g/mol. The van der Waals surface area contributed by atoms with Gasteiger partial charge in [0.2, 0.25) is 0 Å². The van der Waals surface area contributed by atoms with Crippen molar-refractivity contribution in [3.05, 3.63) is 48.2 Å². The van der Waals surface area contributed by atoms with Gasteiger partial charge in [0.1, 0.15) is 5.82 Å². The van der Waals surface area contributed by atoms with Crippen molar-refractivity contribution in [2.45, 2.75) is 0 Å². The number of anilines is 1. The van der Waals surface area contributed by atoms with Gasteiger partial charge in [-0.05, 0) is 29.8 Å². The summed E-state index contributed by atoms with van der Waals surface area (Å²) < 4.78 is 0. The van der Waals surface area contributed by atoms with Crippen molar-refractivity contribution in [1.29, 1.82) is 5.26 Å². The van der Waals surface area contributed by atoms with Gasteiger partial charge >= 0.3 is 0 Å². The standard InChI is InChI=1S/C12H9N3/c13-7-9-1-3-10(4-2-9)11-5-6-12(14)15-8-11/h1-6,8H,(H2,14,15). The minimum absolute atomic E-state index is 0.507. The second kappa shape index (κ2) is 3.81. The molecule has 1 heterocycles. The summed E-state index contributed by atoms with van der Waals surface area (Å²) in [6.45, 7) is 0. The number of benzene rings is 1. The third kappa shape index (κ3) is 1.94. The molecule has 1 aromatic carbocycles. The third-order valence-corrected chi connectivity index (χ3v) is 2.13. The predicted molar refractivity (Wildman–Crippen MR) is 58.8 cm³/mol. The number of nitriles is 1. The first-order valence-electron chi connectivity index (χ1n) is 4.51. The molecule has 0 saturated heterocycles. The number of hydrogen-bond acceptors (Lipinski definition) is 3.